The molecule has 1 fully saturated rings. The highest BCUT2D eigenvalue weighted by Crippen LogP contribution is 2.45. The second-order valence-electron chi connectivity index (χ2n) is 3.52. The van der Waals surface area contributed by atoms with E-state index >= 15 is 0 Å². The third-order valence-corrected chi connectivity index (χ3v) is 2.84. The van der Waals surface area contributed by atoms with Crippen molar-refractivity contribution in [1.29, 1.82) is 0 Å². The first-order chi connectivity index (χ1) is 6.04. The molecule has 0 spiro atoms. The first-order valence-electron chi connectivity index (χ1n) is 3.80. The van der Waals surface area contributed by atoms with Gasteiger partial charge in [-0.2, -0.15) is 13.2 Å². The van der Waals surface area contributed by atoms with Crippen LogP contribution in [-0.4, -0.2) is 37.6 Å². The molecule has 8 heteroatoms. The van der Waals surface area contributed by atoms with E-state index in [9.17, 15) is 21.6 Å². The van der Waals surface area contributed by atoms with E-state index in [-0.39, 0.29) is 0 Å². The predicted octanol–water partition coefficient (Wildman–Crippen LogP) is -0.00860. The fourth-order valence-corrected chi connectivity index (χ4v) is 2.15. The zero-order valence-corrected chi connectivity index (χ0v) is 8.11. The average molecular weight is 233 g/mol. The summed E-state index contributed by atoms with van der Waals surface area (Å²) in [6.07, 6.45) is -5.08. The maximum atomic E-state index is 12.1. The Balaban J connectivity index is 2.52. The van der Waals surface area contributed by atoms with Crippen LogP contribution in [0.25, 0.3) is 0 Å². The van der Waals surface area contributed by atoms with Crippen molar-refractivity contribution in [2.24, 2.45) is 0 Å². The molecule has 4 nitrogen and oxygen atoms in total. The minimum Gasteiger partial charge on any atom is -0.380 e. The lowest BCUT2D eigenvalue weighted by atomic mass is 9.76. The zero-order valence-electron chi connectivity index (χ0n) is 7.30. The molecule has 0 radical (unpaired) electrons. The number of alkyl halides is 3. The molecule has 0 saturated heterocycles. The Kier molecular flexibility index (Phi) is 2.58. The van der Waals surface area contributed by atoms with E-state index in [0.717, 1.165) is 6.26 Å². The van der Waals surface area contributed by atoms with Crippen molar-refractivity contribution < 1.29 is 26.7 Å². The van der Waals surface area contributed by atoms with Crippen molar-refractivity contribution in [3.8, 4) is 0 Å². The number of halogens is 3. The molecule has 0 heterocycles. The van der Waals surface area contributed by atoms with Gasteiger partial charge in [-0.05, 0) is 0 Å². The summed E-state index contributed by atoms with van der Waals surface area (Å²) in [7, 11) is -3.51. The summed E-state index contributed by atoms with van der Waals surface area (Å²) in [4.78, 5) is 0. The molecule has 84 valence electrons. The summed E-state index contributed by atoms with van der Waals surface area (Å²) in [5.74, 6) is 0. The Bertz CT molecular complexity index is 318. The van der Waals surface area contributed by atoms with E-state index in [1.54, 1.807) is 0 Å². The van der Waals surface area contributed by atoms with Gasteiger partial charge in [0.15, 0.2) is 5.60 Å². The molecule has 0 aliphatic heterocycles. The predicted molar refractivity (Wildman–Crippen MR) is 42.0 cm³/mol. The summed E-state index contributed by atoms with van der Waals surface area (Å²) in [6, 6.07) is -0.823. The van der Waals surface area contributed by atoms with Crippen LogP contribution in [0.15, 0.2) is 0 Å². The minimum absolute atomic E-state index is 0.621. The van der Waals surface area contributed by atoms with Gasteiger partial charge >= 0.3 is 6.18 Å². The largest absolute Gasteiger partial charge is 0.417 e. The Morgan fingerprint density at radius 1 is 1.43 bits per heavy atom. The Morgan fingerprint density at radius 3 is 2.14 bits per heavy atom. The van der Waals surface area contributed by atoms with E-state index in [2.05, 4.69) is 0 Å². The molecular formula is C6H10F3NO3S. The highest BCUT2D eigenvalue weighted by molar-refractivity contribution is 7.88. The number of nitrogens with one attached hydrogen (secondary N) is 1. The van der Waals surface area contributed by atoms with Crippen molar-refractivity contribution in [1.82, 2.24) is 4.72 Å². The molecule has 0 aromatic rings. The van der Waals surface area contributed by atoms with E-state index in [1.807, 2.05) is 4.72 Å². The number of sulfonamides is 1. The van der Waals surface area contributed by atoms with Crippen LogP contribution in [0.5, 0.6) is 0 Å². The molecular weight excluding hydrogens is 223 g/mol. The average Bonchev–Trinajstić information content (AvgIpc) is 1.77. The molecule has 0 bridgehead atoms. The maximum Gasteiger partial charge on any atom is 0.417 e. The van der Waals surface area contributed by atoms with Gasteiger partial charge in [-0.3, -0.25) is 0 Å². The number of hydrogen-bond acceptors (Lipinski definition) is 3. The molecule has 0 aromatic heterocycles. The van der Waals surface area contributed by atoms with E-state index in [4.69, 9.17) is 5.11 Å². The molecule has 0 aromatic carbocycles. The van der Waals surface area contributed by atoms with Gasteiger partial charge < -0.3 is 5.11 Å². The fraction of sp³-hybridized carbons (Fsp3) is 1.00. The van der Waals surface area contributed by atoms with Crippen LogP contribution >= 0.6 is 0 Å². The smallest absolute Gasteiger partial charge is 0.380 e. The van der Waals surface area contributed by atoms with Gasteiger partial charge in [-0.25, -0.2) is 13.1 Å². The highest BCUT2D eigenvalue weighted by Gasteiger charge is 2.61. The standard InChI is InChI=1S/C6H10F3NO3S/c1-14(12,13)10-4-2-5(11,3-4)6(7,8)9/h4,10-11H,2-3H2,1H3. The van der Waals surface area contributed by atoms with Crippen molar-refractivity contribution in [2.45, 2.75) is 30.7 Å². The molecule has 0 atom stereocenters. The number of aliphatic hydroxyl groups is 1. The monoisotopic (exact) mass is 233 g/mol. The van der Waals surface area contributed by atoms with Crippen LogP contribution in [-0.2, 0) is 10.0 Å². The van der Waals surface area contributed by atoms with Crippen LogP contribution in [0, 0.1) is 0 Å². The minimum atomic E-state index is -4.69. The summed E-state index contributed by atoms with van der Waals surface area (Å²) in [5, 5.41) is 8.95. The second-order valence-corrected chi connectivity index (χ2v) is 5.30. The van der Waals surface area contributed by atoms with Crippen molar-refractivity contribution in [3.63, 3.8) is 0 Å². The second kappa shape index (κ2) is 3.07. The van der Waals surface area contributed by atoms with E-state index in [1.165, 1.54) is 0 Å². The Labute approximate surface area is 79.2 Å². The lowest BCUT2D eigenvalue weighted by Gasteiger charge is -2.44. The summed E-state index contributed by atoms with van der Waals surface area (Å²) in [6.45, 7) is 0. The van der Waals surface area contributed by atoms with Gasteiger partial charge in [0.25, 0.3) is 0 Å². The summed E-state index contributed by atoms with van der Waals surface area (Å²) >= 11 is 0. The van der Waals surface area contributed by atoms with Crippen LogP contribution in [0.1, 0.15) is 12.8 Å². The van der Waals surface area contributed by atoms with Gasteiger partial charge in [0.2, 0.25) is 10.0 Å². The maximum absolute atomic E-state index is 12.1. The van der Waals surface area contributed by atoms with Crippen molar-refractivity contribution in [2.75, 3.05) is 6.26 Å². The third-order valence-electron chi connectivity index (χ3n) is 2.08. The van der Waals surface area contributed by atoms with E-state index in [0.29, 0.717) is 0 Å². The summed E-state index contributed by atoms with van der Waals surface area (Å²) < 4.78 is 59.4. The zero-order chi connectivity index (χ0) is 11.2. The lowest BCUT2D eigenvalue weighted by molar-refractivity contribution is -0.290. The van der Waals surface area contributed by atoms with Gasteiger partial charge in [0.05, 0.1) is 6.26 Å². The van der Waals surface area contributed by atoms with Crippen LogP contribution in [0.3, 0.4) is 0 Å². The van der Waals surface area contributed by atoms with Gasteiger partial charge in [-0.15, -0.1) is 0 Å². The quantitative estimate of drug-likeness (QED) is 0.705. The van der Waals surface area contributed by atoms with Gasteiger partial charge in [-0.1, -0.05) is 0 Å². The van der Waals surface area contributed by atoms with Crippen molar-refractivity contribution >= 4 is 10.0 Å². The van der Waals surface area contributed by atoms with Crippen LogP contribution < -0.4 is 4.72 Å². The molecule has 1 saturated carbocycles. The fourth-order valence-electron chi connectivity index (χ4n) is 1.37. The molecule has 14 heavy (non-hydrogen) atoms. The molecule has 1 aliphatic rings. The SMILES string of the molecule is CS(=O)(=O)NC1CC(O)(C(F)(F)F)C1. The third kappa shape index (κ3) is 2.37. The van der Waals surface area contributed by atoms with Crippen molar-refractivity contribution in [3.05, 3.63) is 0 Å². The normalized spacial score (nSPS) is 33.9. The molecule has 0 unspecified atom stereocenters. The van der Waals surface area contributed by atoms with E-state index < -0.39 is 40.7 Å². The first-order valence-corrected chi connectivity index (χ1v) is 5.69. The Morgan fingerprint density at radius 2 is 1.86 bits per heavy atom. The topological polar surface area (TPSA) is 66.4 Å². The number of hydrogen-bond donors (Lipinski definition) is 2. The Hall–Kier alpha value is -0.340. The first kappa shape index (κ1) is 11.7. The van der Waals surface area contributed by atoms with Crippen LogP contribution in [0.4, 0.5) is 13.2 Å². The lowest BCUT2D eigenvalue weighted by Crippen LogP contribution is -2.62. The van der Waals surface area contributed by atoms with Gasteiger partial charge in [0, 0.05) is 18.9 Å². The van der Waals surface area contributed by atoms with Crippen LogP contribution in [0.2, 0.25) is 0 Å². The number of rotatable bonds is 2. The summed E-state index contributed by atoms with van der Waals surface area (Å²) in [5.41, 5.74) is -2.73. The molecule has 0 amide bonds. The van der Waals surface area contributed by atoms with Gasteiger partial charge in [0.1, 0.15) is 0 Å². The molecule has 1 aliphatic carbocycles. The highest BCUT2D eigenvalue weighted by atomic mass is 32.2. The molecule has 2 N–H and O–H groups in total. The molecule has 1 rings (SSSR count).